The molecule has 1 aliphatic heterocycles. The van der Waals surface area contributed by atoms with Gasteiger partial charge < -0.3 is 71.9 Å². The van der Waals surface area contributed by atoms with Gasteiger partial charge >= 0.3 is 0 Å². The Balaban J connectivity index is 0.000000252. The molecule has 7 N–H and O–H groups in total. The highest BCUT2D eigenvalue weighted by molar-refractivity contribution is 7.86. The van der Waals surface area contributed by atoms with Crippen LogP contribution in [-0.2, 0) is 75.6 Å². The van der Waals surface area contributed by atoms with E-state index in [0.29, 0.717) is 100 Å². The first kappa shape index (κ1) is 122. The molecule has 0 fully saturated rings. The van der Waals surface area contributed by atoms with Crippen LogP contribution in [0.3, 0.4) is 0 Å². The second kappa shape index (κ2) is 63.9. The molecule has 2 amide bonds. The first-order valence-electron chi connectivity index (χ1n) is 50.8. The molecule has 0 bridgehead atoms. The molecule has 12 aromatic rings. The number of imide groups is 1. The number of thiazole rings is 1. The van der Waals surface area contributed by atoms with E-state index in [-0.39, 0.29) is 69.1 Å². The zero-order valence-electron chi connectivity index (χ0n) is 88.7. The Hall–Kier alpha value is -11.7. The predicted octanol–water partition coefficient (Wildman–Crippen LogP) is 11.7. The van der Waals surface area contributed by atoms with Gasteiger partial charge in [-0.3, -0.25) is 14.5 Å². The van der Waals surface area contributed by atoms with Crippen LogP contribution < -0.4 is 43.6 Å². The standard InChI is InChI=1S/C29H34N4O8S.C23H28N4O6S.C20H22N2O3S2.C20H23N2O.3C6H15N/c1-22-20-24(26-21-30-29(41-26)23-8-12-31(13-9-23)10-3-19-42(37,38)39)4-5-25(22)32(11-2-17-40-18-16-34)14-15-33-27(35)6-7-28(33)36;1-17-15-19(3-4-20(17)26-22(24)7-12-32-13-11-28)21-16-25-23(33-21)18-5-9-27(10-6-18)8-2-14-34(29,30)31;1-14-5-6-18(13-15(14)2)19-16(3)21-20(26-19)17-7-10-22(11-8-17)9-4-12-27(23,24)25;1-4-5-10-22-11-8-17(9-12-22)20-21-14-19(23-20)18-7-6-15(2)16(3)13-18;3*1-4-7(5-2)6-3/h4-9,12-13,20-21,34H,2-3,10-11,14-19H2,1H3;3-6,9-10,15-16,24,28H,2,7-8,11-14H2,1H3,(H,29,30,31);5-8,10-11,13H,4,9,12H2,1-3H3;6-9,11-14H,4-5,10H2,1-3H3;3*4-6H2,1-3H3/q;;;+1;;;/p+3. The largest absolute Gasteiger partial charge is 0.748 e. The van der Waals surface area contributed by atoms with Crippen LogP contribution in [0.15, 0.2) is 220 Å². The predicted molar refractivity (Wildman–Crippen MR) is 574 cm³/mol. The fraction of sp³-hybridized carbons (Fsp3) is 0.445. The van der Waals surface area contributed by atoms with Crippen molar-refractivity contribution in [2.75, 3.05) is 140 Å². The number of amidine groups is 1. The van der Waals surface area contributed by atoms with Crippen molar-refractivity contribution >= 4 is 70.7 Å². The summed E-state index contributed by atoms with van der Waals surface area (Å²) in [4.78, 5) is 56.0. The minimum absolute atomic E-state index is 0.0248. The van der Waals surface area contributed by atoms with Crippen LogP contribution in [0, 0.1) is 48.5 Å². The van der Waals surface area contributed by atoms with Gasteiger partial charge in [0.05, 0.1) is 157 Å². The van der Waals surface area contributed by atoms with Crippen LogP contribution in [0.5, 0.6) is 0 Å². The number of amides is 2. The number of carbonyl (C=O) groups is 2. The first-order chi connectivity index (χ1) is 70.3. The van der Waals surface area contributed by atoms with Crippen molar-refractivity contribution in [1.82, 2.24) is 24.8 Å². The summed E-state index contributed by atoms with van der Waals surface area (Å²) >= 11 is 1.67. The van der Waals surface area contributed by atoms with Crippen LogP contribution >= 0.6 is 11.3 Å². The number of unbranched alkanes of at least 4 members (excludes halogenated alkanes) is 1. The van der Waals surface area contributed by atoms with E-state index in [1.54, 1.807) is 78.5 Å². The van der Waals surface area contributed by atoms with Gasteiger partial charge in [-0.2, -0.15) is 0 Å². The molecule has 798 valence electrons. The molecule has 0 saturated carbocycles. The highest BCUT2D eigenvalue weighted by Gasteiger charge is 2.26. The quantitative estimate of drug-likeness (QED) is 0.00515. The number of hydrogen-bond donors (Lipinski definition) is 6. The number of quaternary nitrogens is 3. The van der Waals surface area contributed by atoms with Gasteiger partial charge in [0.15, 0.2) is 66.9 Å². The smallest absolute Gasteiger partial charge is 0.253 e. The van der Waals surface area contributed by atoms with Crippen molar-refractivity contribution in [3.63, 3.8) is 0 Å². The van der Waals surface area contributed by atoms with Crippen molar-refractivity contribution < 1.29 is 114 Å². The van der Waals surface area contributed by atoms with E-state index in [0.717, 1.165) is 84.5 Å². The number of aliphatic hydroxyl groups is 2. The van der Waals surface area contributed by atoms with Crippen LogP contribution in [0.4, 0.5) is 11.4 Å². The second-order valence-corrected chi connectivity index (χ2v) is 41.2. The Labute approximate surface area is 874 Å². The number of pyridine rings is 4. The lowest BCUT2D eigenvalue weighted by Gasteiger charge is -2.28. The second-order valence-electron chi connectivity index (χ2n) is 35.6. The summed E-state index contributed by atoms with van der Waals surface area (Å²) in [5.74, 6) is 2.23. The number of benzene rings is 4. The Kier molecular flexibility index (Phi) is 53.1. The zero-order valence-corrected chi connectivity index (χ0v) is 92.0. The average molecular weight is 2100 g/mol. The van der Waals surface area contributed by atoms with E-state index in [2.05, 4.69) is 187 Å². The normalized spacial score (nSPS) is 12.0. The molecule has 0 saturated heterocycles. The maximum Gasteiger partial charge on any atom is 0.253 e. The number of anilines is 1. The number of hydrogen-bond acceptors (Lipinski definition) is 25. The molecule has 147 heavy (non-hydrogen) atoms. The number of nitrogens with one attached hydrogen (secondary N) is 3. The molecular formula is C110H155N15O18S4+4. The third-order valence-electron chi connectivity index (χ3n) is 24.9. The molecule has 0 unspecified atom stereocenters. The Morgan fingerprint density at radius 1 is 0.429 bits per heavy atom. The van der Waals surface area contributed by atoms with Crippen LogP contribution in [-0.4, -0.2) is 227 Å². The summed E-state index contributed by atoms with van der Waals surface area (Å²) in [6.07, 6.45) is 27.1. The van der Waals surface area contributed by atoms with E-state index in [1.807, 2.05) is 111 Å². The molecule has 0 radical (unpaired) electrons. The van der Waals surface area contributed by atoms with Gasteiger partial charge in [-0.25, -0.2) is 68.5 Å². The summed E-state index contributed by atoms with van der Waals surface area (Å²) in [7, 11) is -12.6. The molecule has 37 heteroatoms. The lowest BCUT2D eigenvalue weighted by Crippen LogP contribution is -3.11. The highest BCUT2D eigenvalue weighted by Crippen LogP contribution is 2.37. The molecule has 1 aliphatic rings. The number of carbonyl (C=O) groups excluding carboxylic acids is 2. The molecule has 13 rings (SSSR count). The molecule has 0 spiro atoms. The first-order valence-corrected chi connectivity index (χ1v) is 56.4. The SMILES string of the molecule is CCCC[n+]1ccc(-c2ncc(-c3ccc(C)c(C)c3)o2)cc1.CC[NH+](CC)CC.CC[NH+](CC)CC.CC[NH+](CC)CC.Cc1cc(-c2cnc(-c3cc[n+](CCCS(=O)(=O)[O-])cc3)o2)ccc1N(CCCOCCO)CCN1C(=O)C=CC1=O.Cc1cc(-c2cnc(-c3cc[n+](CCCS(=O)(=O)[O-])cc3)o2)ccc1N=C(N)CCOCCO.Cc1ccc(-c2sc(-c3cc[n+](CCCS(=O)(=O)[O-])cc3)nc2C)cc1C. The summed E-state index contributed by atoms with van der Waals surface area (Å²) in [6.45, 7) is 53.1. The number of aryl methyl sites for hydroxylation is 11. The van der Waals surface area contributed by atoms with Crippen molar-refractivity contribution in [1.29, 1.82) is 0 Å². The average Bonchev–Trinajstić information content (AvgIpc) is 1.71. The number of rotatable bonds is 48. The maximum absolute atomic E-state index is 12.0. The van der Waals surface area contributed by atoms with Gasteiger partial charge in [0, 0.05) is 181 Å². The van der Waals surface area contributed by atoms with E-state index < -0.39 is 36.1 Å². The Bertz CT molecular complexity index is 6340. The monoisotopic (exact) mass is 2100 g/mol. The molecule has 8 aromatic heterocycles. The van der Waals surface area contributed by atoms with Gasteiger partial charge in [0.1, 0.15) is 37.0 Å². The summed E-state index contributed by atoms with van der Waals surface area (Å²) in [6, 6.07) is 39.7. The van der Waals surface area contributed by atoms with Crippen molar-refractivity contribution in [3.05, 3.63) is 241 Å². The van der Waals surface area contributed by atoms with Crippen LogP contribution in [0.1, 0.15) is 153 Å². The molecule has 0 aliphatic carbocycles. The summed E-state index contributed by atoms with van der Waals surface area (Å²) < 4.78 is 133. The number of ether oxygens (including phenoxy) is 2. The number of aliphatic imine (C=N–C) groups is 1. The van der Waals surface area contributed by atoms with Gasteiger partial charge in [0.2, 0.25) is 17.7 Å². The van der Waals surface area contributed by atoms with Crippen LogP contribution in [0.2, 0.25) is 0 Å². The molecule has 0 atom stereocenters. The third kappa shape index (κ3) is 43.2. The highest BCUT2D eigenvalue weighted by atomic mass is 32.2. The minimum Gasteiger partial charge on any atom is -0.748 e. The Morgan fingerprint density at radius 3 is 1.14 bits per heavy atom. The van der Waals surface area contributed by atoms with Crippen molar-refractivity contribution in [2.24, 2.45) is 10.7 Å². The fourth-order valence-corrected chi connectivity index (χ4v) is 18.0. The van der Waals surface area contributed by atoms with Gasteiger partial charge in [-0.15, -0.1) is 11.3 Å². The maximum atomic E-state index is 12.0. The van der Waals surface area contributed by atoms with E-state index in [9.17, 15) is 48.5 Å². The summed E-state index contributed by atoms with van der Waals surface area (Å²) in [5.41, 5.74) is 23.1. The molecule has 9 heterocycles. The number of nitrogens with two attached hydrogens (primary N) is 1. The molecule has 33 nitrogen and oxygen atoms in total. The number of nitrogens with zero attached hydrogens (tertiary/aromatic N) is 11. The Morgan fingerprint density at radius 2 is 0.782 bits per heavy atom. The van der Waals surface area contributed by atoms with Gasteiger partial charge in [-0.1, -0.05) is 43.7 Å². The van der Waals surface area contributed by atoms with Gasteiger partial charge in [0.25, 0.3) is 11.8 Å². The lowest BCUT2D eigenvalue weighted by molar-refractivity contribution is -0.894. The van der Waals surface area contributed by atoms with E-state index >= 15 is 0 Å². The lowest BCUT2D eigenvalue weighted by atomic mass is 10.0. The molecular weight excluding hydrogens is 1950 g/mol. The minimum atomic E-state index is -4.23. The zero-order chi connectivity index (χ0) is 108. The van der Waals surface area contributed by atoms with E-state index in [1.165, 1.54) is 121 Å². The van der Waals surface area contributed by atoms with Crippen molar-refractivity contribution in [3.8, 4) is 89.3 Å². The number of aromatic nitrogens is 8. The topological polar surface area (TPSA) is 429 Å². The van der Waals surface area contributed by atoms with Crippen LogP contribution in [0.25, 0.3) is 89.3 Å². The molecule has 4 aromatic carbocycles. The third-order valence-corrected chi connectivity index (χ3v) is 28.5. The van der Waals surface area contributed by atoms with Crippen molar-refractivity contribution in [2.45, 2.75) is 189 Å². The number of oxazole rings is 3. The fourth-order valence-electron chi connectivity index (χ4n) is 15.4. The number of aliphatic hydroxyl groups excluding tert-OH is 2. The van der Waals surface area contributed by atoms with E-state index in [4.69, 9.17) is 43.7 Å². The van der Waals surface area contributed by atoms with Gasteiger partial charge in [-0.05, 0) is 199 Å². The summed E-state index contributed by atoms with van der Waals surface area (Å²) in [5, 5.41) is 18.6.